The average Bonchev–Trinajstić information content (AvgIpc) is 2.62. The van der Waals surface area contributed by atoms with Gasteiger partial charge >= 0.3 is 0 Å². The zero-order chi connectivity index (χ0) is 19.1. The quantitative estimate of drug-likeness (QED) is 0.390. The minimum Gasteiger partial charge on any atom is -0.506 e. The van der Waals surface area contributed by atoms with E-state index < -0.39 is 5.91 Å². The summed E-state index contributed by atoms with van der Waals surface area (Å²) in [6.07, 6.45) is 1.41. The Kier molecular flexibility index (Phi) is 7.92. The number of nitrogens with one attached hydrogen (secondary N) is 1. The molecule has 138 valence electrons. The highest BCUT2D eigenvalue weighted by molar-refractivity contribution is 9.11. The van der Waals surface area contributed by atoms with Crippen molar-refractivity contribution >= 4 is 59.9 Å². The van der Waals surface area contributed by atoms with Crippen LogP contribution in [0.25, 0.3) is 0 Å². The molecule has 0 radical (unpaired) electrons. The largest absolute Gasteiger partial charge is 0.506 e. The monoisotopic (exact) mass is 548 g/mol. The molecular weight excluding hydrogens is 536 g/mol. The molecule has 0 heterocycles. The van der Waals surface area contributed by atoms with Crippen LogP contribution in [-0.2, 0) is 4.79 Å². The average molecular weight is 551 g/mol. The fourth-order valence-corrected chi connectivity index (χ4v) is 4.23. The Morgan fingerprint density at radius 3 is 2.50 bits per heavy atom. The van der Waals surface area contributed by atoms with Crippen LogP contribution in [0.5, 0.6) is 17.2 Å². The summed E-state index contributed by atoms with van der Waals surface area (Å²) in [6, 6.07) is 8.79. The van der Waals surface area contributed by atoms with Crippen LogP contribution in [0.2, 0.25) is 0 Å². The van der Waals surface area contributed by atoms with E-state index in [2.05, 4.69) is 58.3 Å². The molecule has 0 aliphatic rings. The molecule has 0 spiro atoms. The van der Waals surface area contributed by atoms with E-state index in [0.29, 0.717) is 37.1 Å². The van der Waals surface area contributed by atoms with Gasteiger partial charge in [-0.2, -0.15) is 5.10 Å². The zero-order valence-corrected chi connectivity index (χ0v) is 18.4. The van der Waals surface area contributed by atoms with Crippen molar-refractivity contribution in [2.24, 2.45) is 5.10 Å². The van der Waals surface area contributed by atoms with Crippen molar-refractivity contribution in [2.75, 3.05) is 13.2 Å². The molecule has 0 saturated carbocycles. The first-order chi connectivity index (χ1) is 12.4. The SMILES string of the molecule is CCOc1ccccc1OCC(=O)N/N=C/c1c(Br)cc(Br)c(O)c1Br. The number of aromatic hydroxyl groups is 1. The number of hydrazone groups is 1. The fourth-order valence-electron chi connectivity index (χ4n) is 1.90. The van der Waals surface area contributed by atoms with Crippen molar-refractivity contribution in [3.63, 3.8) is 0 Å². The molecule has 1 amide bonds. The second-order valence-electron chi connectivity index (χ2n) is 4.88. The number of carbonyl (C=O) groups excluding carboxylic acids is 1. The second-order valence-corrected chi connectivity index (χ2v) is 7.38. The Morgan fingerprint density at radius 2 is 1.85 bits per heavy atom. The highest BCUT2D eigenvalue weighted by Gasteiger charge is 2.12. The first-order valence-corrected chi connectivity index (χ1v) is 9.85. The summed E-state index contributed by atoms with van der Waals surface area (Å²) in [7, 11) is 0. The van der Waals surface area contributed by atoms with Crippen LogP contribution in [-0.4, -0.2) is 30.4 Å². The number of para-hydroxylation sites is 2. The summed E-state index contributed by atoms with van der Waals surface area (Å²) >= 11 is 9.88. The van der Waals surface area contributed by atoms with Crippen molar-refractivity contribution in [1.82, 2.24) is 5.43 Å². The number of phenolic OH excluding ortho intramolecular Hbond substituents is 1. The highest BCUT2D eigenvalue weighted by Crippen LogP contribution is 2.38. The van der Waals surface area contributed by atoms with E-state index >= 15 is 0 Å². The van der Waals surface area contributed by atoms with E-state index in [-0.39, 0.29) is 12.4 Å². The molecule has 9 heteroatoms. The van der Waals surface area contributed by atoms with Gasteiger partial charge in [0, 0.05) is 10.0 Å². The molecule has 26 heavy (non-hydrogen) atoms. The molecule has 6 nitrogen and oxygen atoms in total. The van der Waals surface area contributed by atoms with E-state index in [4.69, 9.17) is 9.47 Å². The van der Waals surface area contributed by atoms with E-state index in [9.17, 15) is 9.90 Å². The molecule has 2 rings (SSSR count). The minimum absolute atomic E-state index is 0.0387. The van der Waals surface area contributed by atoms with Gasteiger partial charge in [0.05, 0.1) is 21.8 Å². The minimum atomic E-state index is -0.430. The van der Waals surface area contributed by atoms with Gasteiger partial charge in [-0.25, -0.2) is 5.43 Å². The van der Waals surface area contributed by atoms with Gasteiger partial charge < -0.3 is 14.6 Å². The third-order valence-electron chi connectivity index (χ3n) is 3.07. The molecule has 0 fully saturated rings. The Hall–Kier alpha value is -1.58. The number of rotatable bonds is 7. The van der Waals surface area contributed by atoms with E-state index in [1.807, 2.05) is 13.0 Å². The van der Waals surface area contributed by atoms with Crippen molar-refractivity contribution in [2.45, 2.75) is 6.92 Å². The number of nitrogens with zero attached hydrogens (tertiary/aromatic N) is 1. The Labute approximate surface area is 176 Å². The van der Waals surface area contributed by atoms with Crippen LogP contribution in [0.1, 0.15) is 12.5 Å². The van der Waals surface area contributed by atoms with Crippen LogP contribution in [0.15, 0.2) is 48.9 Å². The lowest BCUT2D eigenvalue weighted by Crippen LogP contribution is -2.24. The van der Waals surface area contributed by atoms with Crippen molar-refractivity contribution in [3.8, 4) is 17.2 Å². The van der Waals surface area contributed by atoms with Gasteiger partial charge in [-0.1, -0.05) is 28.1 Å². The Bertz CT molecular complexity index is 828. The summed E-state index contributed by atoms with van der Waals surface area (Å²) < 4.78 is 12.6. The standard InChI is InChI=1S/C17H15Br3N2O4/c1-2-25-13-5-3-4-6-14(13)26-9-15(23)22-21-8-10-11(18)7-12(19)17(24)16(10)20/h3-8,24H,2,9H2,1H3,(H,22,23)/b21-8+. The molecular formula is C17H15Br3N2O4. The lowest BCUT2D eigenvalue weighted by Gasteiger charge is -2.10. The fraction of sp³-hybridized carbons (Fsp3) is 0.176. The number of hydrogen-bond donors (Lipinski definition) is 2. The van der Waals surface area contributed by atoms with E-state index in [0.717, 1.165) is 0 Å². The third-order valence-corrected chi connectivity index (χ3v) is 5.14. The van der Waals surface area contributed by atoms with Crippen LogP contribution < -0.4 is 14.9 Å². The number of phenols is 1. The smallest absolute Gasteiger partial charge is 0.277 e. The number of benzene rings is 2. The van der Waals surface area contributed by atoms with Gasteiger partial charge in [-0.15, -0.1) is 0 Å². The van der Waals surface area contributed by atoms with E-state index in [1.54, 1.807) is 24.3 Å². The summed E-state index contributed by atoms with van der Waals surface area (Å²) in [5, 5.41) is 13.8. The maximum atomic E-state index is 11.9. The van der Waals surface area contributed by atoms with Crippen LogP contribution >= 0.6 is 47.8 Å². The molecule has 0 aliphatic carbocycles. The predicted octanol–water partition coefficient (Wildman–Crippen LogP) is 4.61. The van der Waals surface area contributed by atoms with Gasteiger partial charge in [-0.3, -0.25) is 4.79 Å². The maximum Gasteiger partial charge on any atom is 0.277 e. The van der Waals surface area contributed by atoms with Crippen LogP contribution in [0.4, 0.5) is 0 Å². The lowest BCUT2D eigenvalue weighted by molar-refractivity contribution is -0.123. The molecule has 0 aromatic heterocycles. The number of halogens is 3. The van der Waals surface area contributed by atoms with Crippen LogP contribution in [0, 0.1) is 0 Å². The Morgan fingerprint density at radius 1 is 1.19 bits per heavy atom. The van der Waals surface area contributed by atoms with Gasteiger partial charge in [-0.05, 0) is 57.0 Å². The van der Waals surface area contributed by atoms with E-state index in [1.165, 1.54) is 6.21 Å². The molecule has 0 saturated heterocycles. The number of hydrogen-bond acceptors (Lipinski definition) is 5. The van der Waals surface area contributed by atoms with Crippen molar-refractivity contribution < 1.29 is 19.4 Å². The van der Waals surface area contributed by atoms with Gasteiger partial charge in [0.1, 0.15) is 5.75 Å². The first-order valence-electron chi connectivity index (χ1n) is 7.47. The lowest BCUT2D eigenvalue weighted by atomic mass is 10.2. The zero-order valence-electron chi connectivity index (χ0n) is 13.6. The van der Waals surface area contributed by atoms with Crippen molar-refractivity contribution in [3.05, 3.63) is 49.3 Å². The highest BCUT2D eigenvalue weighted by atomic mass is 79.9. The molecule has 0 unspecified atom stereocenters. The molecule has 0 aliphatic heterocycles. The van der Waals surface area contributed by atoms with Crippen molar-refractivity contribution in [1.29, 1.82) is 0 Å². The third kappa shape index (κ3) is 5.46. The molecule has 2 N–H and O–H groups in total. The first kappa shape index (κ1) is 20.7. The van der Waals surface area contributed by atoms with Gasteiger partial charge in [0.2, 0.25) is 0 Å². The van der Waals surface area contributed by atoms with Crippen LogP contribution in [0.3, 0.4) is 0 Å². The van der Waals surface area contributed by atoms with Gasteiger partial charge in [0.25, 0.3) is 5.91 Å². The summed E-state index contributed by atoms with van der Waals surface area (Å²) in [6.45, 7) is 2.16. The topological polar surface area (TPSA) is 80.2 Å². The molecule has 2 aromatic carbocycles. The Balaban J connectivity index is 1.96. The van der Waals surface area contributed by atoms with Gasteiger partial charge in [0.15, 0.2) is 18.1 Å². The summed E-state index contributed by atoms with van der Waals surface area (Å²) in [5.74, 6) is 0.666. The number of carbonyl (C=O) groups is 1. The normalized spacial score (nSPS) is 10.8. The number of ether oxygens (including phenoxy) is 2. The summed E-state index contributed by atoms with van der Waals surface area (Å²) in [4.78, 5) is 11.9. The molecule has 0 bridgehead atoms. The molecule has 0 atom stereocenters. The maximum absolute atomic E-state index is 11.9. The predicted molar refractivity (Wildman–Crippen MR) is 110 cm³/mol. The number of amides is 1. The summed E-state index contributed by atoms with van der Waals surface area (Å²) in [5.41, 5.74) is 2.95. The second kappa shape index (κ2) is 9.94. The molecule has 2 aromatic rings.